The van der Waals surface area contributed by atoms with Crippen LogP contribution in [0.5, 0.6) is 5.75 Å². The summed E-state index contributed by atoms with van der Waals surface area (Å²) in [5.41, 5.74) is 2.20. The molecule has 35 heavy (non-hydrogen) atoms. The van der Waals surface area contributed by atoms with E-state index in [1.165, 1.54) is 4.31 Å². The van der Waals surface area contributed by atoms with Crippen LogP contribution in [-0.2, 0) is 23.5 Å². The molecule has 190 valence electrons. The minimum atomic E-state index is -3.71. The zero-order valence-electron chi connectivity index (χ0n) is 20.6. The van der Waals surface area contributed by atoms with Gasteiger partial charge in [-0.05, 0) is 54.0 Å². The lowest BCUT2D eigenvalue weighted by Crippen LogP contribution is -2.47. The molecule has 0 aliphatic carbocycles. The van der Waals surface area contributed by atoms with Crippen molar-refractivity contribution in [2.75, 3.05) is 39.8 Å². The van der Waals surface area contributed by atoms with Crippen LogP contribution in [0.25, 0.3) is 22.4 Å². The summed E-state index contributed by atoms with van der Waals surface area (Å²) in [7, 11) is 0.0961. The third-order valence-corrected chi connectivity index (χ3v) is 9.23. The van der Waals surface area contributed by atoms with Gasteiger partial charge in [0.1, 0.15) is 22.6 Å². The van der Waals surface area contributed by atoms with E-state index in [1.807, 2.05) is 21.0 Å². The maximum absolute atomic E-state index is 13.4. The van der Waals surface area contributed by atoms with Gasteiger partial charge >= 0.3 is 0 Å². The molecule has 0 radical (unpaired) electrons. The van der Waals surface area contributed by atoms with Crippen LogP contribution in [-0.4, -0.2) is 72.0 Å². The highest BCUT2D eigenvalue weighted by molar-refractivity contribution is 9.10. The lowest BCUT2D eigenvalue weighted by atomic mass is 10.1. The second-order valence-corrected chi connectivity index (χ2v) is 11.6. The number of ether oxygens (including phenoxy) is 1. The quantitative estimate of drug-likeness (QED) is 0.449. The van der Waals surface area contributed by atoms with Crippen LogP contribution in [0.2, 0.25) is 0 Å². The molecule has 4 rings (SSSR count). The maximum atomic E-state index is 13.4. The van der Waals surface area contributed by atoms with Gasteiger partial charge < -0.3 is 19.2 Å². The topological polar surface area (TPSA) is 101 Å². The summed E-state index contributed by atoms with van der Waals surface area (Å²) in [4.78, 5) is 23.1. The number of halogens is 1. The van der Waals surface area contributed by atoms with Gasteiger partial charge in [0.05, 0.1) is 21.7 Å². The van der Waals surface area contributed by atoms with Gasteiger partial charge in [0.2, 0.25) is 10.0 Å². The molecule has 0 unspecified atom stereocenters. The molecule has 1 aliphatic heterocycles. The molecule has 11 heteroatoms. The third-order valence-electron chi connectivity index (χ3n) is 6.33. The number of piperazine rings is 1. The summed E-state index contributed by atoms with van der Waals surface area (Å²) in [6, 6.07) is 4.80. The zero-order valence-corrected chi connectivity index (χ0v) is 23.0. The van der Waals surface area contributed by atoms with Crippen LogP contribution in [0, 0.1) is 0 Å². The van der Waals surface area contributed by atoms with Gasteiger partial charge in [-0.15, -0.1) is 0 Å². The van der Waals surface area contributed by atoms with Crippen LogP contribution < -0.4 is 10.3 Å². The first-order chi connectivity index (χ1) is 16.7. The summed E-state index contributed by atoms with van der Waals surface area (Å²) in [6.45, 7) is 6.75. The summed E-state index contributed by atoms with van der Waals surface area (Å²) in [5, 5.41) is 0. The Morgan fingerprint density at radius 2 is 1.83 bits per heavy atom. The van der Waals surface area contributed by atoms with Crippen LogP contribution >= 0.6 is 15.9 Å². The molecule has 3 aromatic rings. The molecule has 1 saturated heterocycles. The van der Waals surface area contributed by atoms with E-state index in [1.54, 1.807) is 22.8 Å². The molecule has 2 aromatic heterocycles. The standard InChI is InChI=1S/C24H32BrN5O4S/c1-5-7-17-20-21(29(4)22(17)25)24(31)27-23(26-20)18-15-16(8-9-19(18)34-14-6-2)35(32,33)30-12-10-28(3)11-13-30/h8-9,15H,5-7,10-14H2,1-4H3,(H,26,27,31). The van der Waals surface area contributed by atoms with E-state index in [0.29, 0.717) is 61.0 Å². The summed E-state index contributed by atoms with van der Waals surface area (Å²) in [6.07, 6.45) is 2.44. The predicted octanol–water partition coefficient (Wildman–Crippen LogP) is 3.37. The normalized spacial score (nSPS) is 15.7. The zero-order chi connectivity index (χ0) is 25.3. The second-order valence-electron chi connectivity index (χ2n) is 8.90. The van der Waals surface area contributed by atoms with Gasteiger partial charge in [-0.3, -0.25) is 4.79 Å². The SMILES string of the molecule is CCCOc1ccc(S(=O)(=O)N2CCN(C)CC2)cc1-c1nc2c(CCC)c(Br)n(C)c2c(=O)[nH]1. The Bertz CT molecular complexity index is 1390. The molecule has 1 aromatic carbocycles. The molecule has 0 atom stereocenters. The van der Waals surface area contributed by atoms with Crippen molar-refractivity contribution < 1.29 is 13.2 Å². The first kappa shape index (κ1) is 25.9. The molecule has 1 aliphatic rings. The number of nitrogens with zero attached hydrogens (tertiary/aromatic N) is 4. The minimum Gasteiger partial charge on any atom is -0.493 e. The smallest absolute Gasteiger partial charge is 0.275 e. The van der Waals surface area contributed by atoms with Gasteiger partial charge in [-0.1, -0.05) is 20.3 Å². The molecule has 9 nitrogen and oxygen atoms in total. The van der Waals surface area contributed by atoms with Crippen molar-refractivity contribution in [3.8, 4) is 17.1 Å². The number of nitrogens with one attached hydrogen (secondary N) is 1. The highest BCUT2D eigenvalue weighted by Gasteiger charge is 2.29. The fourth-order valence-electron chi connectivity index (χ4n) is 4.36. The number of likely N-dealkylation sites (N-methyl/N-ethyl adjacent to an activating group) is 1. The fraction of sp³-hybridized carbons (Fsp3) is 0.500. The monoisotopic (exact) mass is 565 g/mol. The second kappa shape index (κ2) is 10.4. The number of rotatable bonds is 8. The minimum absolute atomic E-state index is 0.159. The van der Waals surface area contributed by atoms with E-state index < -0.39 is 10.0 Å². The number of fused-ring (bicyclic) bond motifs is 1. The molecule has 1 fully saturated rings. The maximum Gasteiger partial charge on any atom is 0.275 e. The predicted molar refractivity (Wildman–Crippen MR) is 141 cm³/mol. The van der Waals surface area contributed by atoms with Crippen LogP contribution in [0.15, 0.2) is 32.5 Å². The number of H-pyrrole nitrogens is 1. The average molecular weight is 567 g/mol. The number of hydrogen-bond acceptors (Lipinski definition) is 6. The number of sulfonamides is 1. The van der Waals surface area contributed by atoms with Gasteiger partial charge in [0, 0.05) is 38.8 Å². The fourth-order valence-corrected chi connectivity index (χ4v) is 6.37. The molecule has 1 N–H and O–H groups in total. The Morgan fingerprint density at radius 3 is 2.49 bits per heavy atom. The number of hydrogen-bond donors (Lipinski definition) is 1. The van der Waals surface area contributed by atoms with Crippen molar-refractivity contribution >= 4 is 37.0 Å². The van der Waals surface area contributed by atoms with Gasteiger partial charge in [0.15, 0.2) is 0 Å². The Morgan fingerprint density at radius 1 is 1.11 bits per heavy atom. The Balaban J connectivity index is 1.88. The number of benzene rings is 1. The number of aromatic nitrogens is 3. The third kappa shape index (κ3) is 4.91. The van der Waals surface area contributed by atoms with E-state index in [-0.39, 0.29) is 10.5 Å². The van der Waals surface area contributed by atoms with E-state index >= 15 is 0 Å². The van der Waals surface area contributed by atoms with Crippen molar-refractivity contribution in [3.63, 3.8) is 0 Å². The number of aromatic amines is 1. The summed E-state index contributed by atoms with van der Waals surface area (Å²) in [5.74, 6) is 0.776. The van der Waals surface area contributed by atoms with E-state index in [2.05, 4.69) is 32.7 Å². The van der Waals surface area contributed by atoms with Crippen molar-refractivity contribution in [3.05, 3.63) is 38.7 Å². The summed E-state index contributed by atoms with van der Waals surface area (Å²) >= 11 is 3.60. The van der Waals surface area contributed by atoms with E-state index in [9.17, 15) is 13.2 Å². The molecule has 0 bridgehead atoms. The lowest BCUT2D eigenvalue weighted by Gasteiger charge is -2.31. The van der Waals surface area contributed by atoms with Crippen molar-refractivity contribution in [1.29, 1.82) is 0 Å². The average Bonchev–Trinajstić information content (AvgIpc) is 3.08. The highest BCUT2D eigenvalue weighted by atomic mass is 79.9. The van der Waals surface area contributed by atoms with Crippen LogP contribution in [0.1, 0.15) is 32.3 Å². The first-order valence-corrected chi connectivity index (χ1v) is 14.1. The van der Waals surface area contributed by atoms with Crippen LogP contribution in [0.4, 0.5) is 0 Å². The van der Waals surface area contributed by atoms with Crippen LogP contribution in [0.3, 0.4) is 0 Å². The first-order valence-electron chi connectivity index (χ1n) is 11.9. The van der Waals surface area contributed by atoms with Crippen molar-refractivity contribution in [1.82, 2.24) is 23.7 Å². The highest BCUT2D eigenvalue weighted by Crippen LogP contribution is 2.34. The van der Waals surface area contributed by atoms with Gasteiger partial charge in [-0.25, -0.2) is 13.4 Å². The number of aryl methyl sites for hydroxylation is 2. The van der Waals surface area contributed by atoms with Crippen molar-refractivity contribution in [2.45, 2.75) is 38.0 Å². The molecular weight excluding hydrogens is 534 g/mol. The summed E-state index contributed by atoms with van der Waals surface area (Å²) < 4.78 is 36.9. The Labute approximate surface area is 214 Å². The molecule has 0 saturated carbocycles. The largest absolute Gasteiger partial charge is 0.493 e. The van der Waals surface area contributed by atoms with Crippen molar-refractivity contribution in [2.24, 2.45) is 7.05 Å². The van der Waals surface area contributed by atoms with E-state index in [0.717, 1.165) is 29.4 Å². The van der Waals surface area contributed by atoms with Gasteiger partial charge in [-0.2, -0.15) is 4.31 Å². The Kier molecular flexibility index (Phi) is 7.70. The van der Waals surface area contributed by atoms with Gasteiger partial charge in [0.25, 0.3) is 5.56 Å². The molecule has 0 spiro atoms. The van der Waals surface area contributed by atoms with E-state index in [4.69, 9.17) is 9.72 Å². The molecule has 3 heterocycles. The molecular formula is C24H32BrN5O4S. The Hall–Kier alpha value is -2.21. The lowest BCUT2D eigenvalue weighted by molar-refractivity contribution is 0.222. The molecule has 0 amide bonds.